The van der Waals surface area contributed by atoms with E-state index in [0.717, 1.165) is 5.56 Å². The van der Waals surface area contributed by atoms with Gasteiger partial charge in [0.05, 0.1) is 20.8 Å². The summed E-state index contributed by atoms with van der Waals surface area (Å²) in [5, 5.41) is 0. The fourth-order valence-electron chi connectivity index (χ4n) is 1.92. The Morgan fingerprint density at radius 1 is 1.30 bits per heavy atom. The molecule has 0 unspecified atom stereocenters. The Hall–Kier alpha value is -1.79. The molecule has 6 heteroatoms. The zero-order chi connectivity index (χ0) is 14.5. The molecular weight excluding hydrogens is 264 g/mol. The largest absolute Gasteiger partial charge is 0.493 e. The minimum absolute atomic E-state index is 0.194. The van der Waals surface area contributed by atoms with Gasteiger partial charge in [-0.1, -0.05) is 6.07 Å². The topological polar surface area (TPSA) is 63.2 Å². The predicted octanol–water partition coefficient (Wildman–Crippen LogP) is 1.68. The average Bonchev–Trinajstić information content (AvgIpc) is 2.93. The molecule has 1 saturated heterocycles. The molecule has 0 bridgehead atoms. The van der Waals surface area contributed by atoms with Gasteiger partial charge < -0.3 is 23.7 Å². The molecule has 1 aromatic carbocycles. The number of hydrogen-bond acceptors (Lipinski definition) is 6. The Morgan fingerprint density at radius 2 is 2.05 bits per heavy atom. The number of hydrogen-bond donors (Lipinski definition) is 0. The maximum atomic E-state index is 10.8. The SMILES string of the molecule is COc1ccc([C@@H]2OC[C@@H](COC(C)=O)O2)cc1OC. The molecule has 1 aromatic rings. The summed E-state index contributed by atoms with van der Waals surface area (Å²) in [4.78, 5) is 10.8. The van der Waals surface area contributed by atoms with Crippen molar-refractivity contribution in [3.05, 3.63) is 23.8 Å². The van der Waals surface area contributed by atoms with Crippen LogP contribution in [0.25, 0.3) is 0 Å². The summed E-state index contributed by atoms with van der Waals surface area (Å²) in [5.74, 6) is 0.925. The van der Waals surface area contributed by atoms with Crippen molar-refractivity contribution in [3.63, 3.8) is 0 Å². The van der Waals surface area contributed by atoms with Gasteiger partial charge in [0, 0.05) is 12.5 Å². The Kier molecular flexibility index (Phi) is 4.81. The van der Waals surface area contributed by atoms with Crippen LogP contribution in [-0.2, 0) is 19.0 Å². The van der Waals surface area contributed by atoms with Gasteiger partial charge in [-0.05, 0) is 12.1 Å². The third-order valence-electron chi connectivity index (χ3n) is 2.90. The molecule has 110 valence electrons. The van der Waals surface area contributed by atoms with E-state index in [-0.39, 0.29) is 18.7 Å². The first-order valence-corrected chi connectivity index (χ1v) is 6.26. The van der Waals surface area contributed by atoms with Crippen LogP contribution in [0.15, 0.2) is 18.2 Å². The zero-order valence-corrected chi connectivity index (χ0v) is 11.8. The molecule has 1 aliphatic heterocycles. The Morgan fingerprint density at radius 3 is 2.70 bits per heavy atom. The van der Waals surface area contributed by atoms with E-state index in [9.17, 15) is 4.79 Å². The Labute approximate surface area is 117 Å². The maximum absolute atomic E-state index is 10.8. The second kappa shape index (κ2) is 6.58. The van der Waals surface area contributed by atoms with Crippen LogP contribution in [0.5, 0.6) is 11.5 Å². The standard InChI is InChI=1S/C14H18O6/c1-9(15)18-7-11-8-19-14(20-11)10-4-5-12(16-2)13(6-10)17-3/h4-6,11,14H,7-8H2,1-3H3/t11-,14-/m1/s1. The first-order valence-electron chi connectivity index (χ1n) is 6.26. The van der Waals surface area contributed by atoms with Crippen LogP contribution < -0.4 is 9.47 Å². The van der Waals surface area contributed by atoms with E-state index in [2.05, 4.69) is 0 Å². The van der Waals surface area contributed by atoms with Crippen LogP contribution in [-0.4, -0.2) is 39.5 Å². The third kappa shape index (κ3) is 3.40. The normalized spacial score (nSPS) is 21.6. The molecule has 0 aliphatic carbocycles. The lowest BCUT2D eigenvalue weighted by atomic mass is 10.2. The van der Waals surface area contributed by atoms with Gasteiger partial charge in [0.15, 0.2) is 17.8 Å². The third-order valence-corrected chi connectivity index (χ3v) is 2.90. The summed E-state index contributed by atoms with van der Waals surface area (Å²) in [7, 11) is 3.15. The molecule has 6 nitrogen and oxygen atoms in total. The van der Waals surface area contributed by atoms with Crippen molar-refractivity contribution >= 4 is 5.97 Å². The first-order chi connectivity index (χ1) is 9.63. The van der Waals surface area contributed by atoms with E-state index in [1.165, 1.54) is 6.92 Å². The fourth-order valence-corrected chi connectivity index (χ4v) is 1.92. The molecule has 2 rings (SSSR count). The van der Waals surface area contributed by atoms with Crippen molar-refractivity contribution in [2.45, 2.75) is 19.3 Å². The highest BCUT2D eigenvalue weighted by atomic mass is 16.7. The maximum Gasteiger partial charge on any atom is 0.302 e. The van der Waals surface area contributed by atoms with Crippen molar-refractivity contribution in [3.8, 4) is 11.5 Å². The van der Waals surface area contributed by atoms with Crippen molar-refractivity contribution in [2.24, 2.45) is 0 Å². The van der Waals surface area contributed by atoms with Gasteiger partial charge in [0.1, 0.15) is 12.7 Å². The quantitative estimate of drug-likeness (QED) is 0.766. The molecule has 0 amide bonds. The Balaban J connectivity index is 2.00. The van der Waals surface area contributed by atoms with E-state index in [1.54, 1.807) is 26.4 Å². The number of carbonyl (C=O) groups is 1. The second-order valence-corrected chi connectivity index (χ2v) is 4.34. The van der Waals surface area contributed by atoms with E-state index in [0.29, 0.717) is 18.1 Å². The number of carbonyl (C=O) groups excluding carboxylic acids is 1. The molecule has 0 aromatic heterocycles. The summed E-state index contributed by atoms with van der Waals surface area (Å²) < 4.78 is 26.5. The summed E-state index contributed by atoms with van der Waals surface area (Å²) in [6, 6.07) is 5.44. The molecular formula is C14H18O6. The molecule has 2 atom stereocenters. The fraction of sp³-hybridized carbons (Fsp3) is 0.500. The van der Waals surface area contributed by atoms with Gasteiger partial charge in [0.25, 0.3) is 0 Å². The van der Waals surface area contributed by atoms with Crippen LogP contribution in [0.1, 0.15) is 18.8 Å². The lowest BCUT2D eigenvalue weighted by Gasteiger charge is -2.14. The van der Waals surface area contributed by atoms with Crippen LogP contribution in [0.4, 0.5) is 0 Å². The zero-order valence-electron chi connectivity index (χ0n) is 11.8. The summed E-state index contributed by atoms with van der Waals surface area (Å²) in [6.45, 7) is 1.94. The van der Waals surface area contributed by atoms with E-state index in [4.69, 9.17) is 23.7 Å². The number of esters is 1. The average molecular weight is 282 g/mol. The second-order valence-electron chi connectivity index (χ2n) is 4.34. The number of benzene rings is 1. The van der Waals surface area contributed by atoms with Gasteiger partial charge >= 0.3 is 5.97 Å². The Bertz CT molecular complexity index is 473. The lowest BCUT2D eigenvalue weighted by Crippen LogP contribution is -2.19. The first kappa shape index (κ1) is 14.6. The van der Waals surface area contributed by atoms with Crippen molar-refractivity contribution in [1.82, 2.24) is 0 Å². The molecule has 0 saturated carbocycles. The molecule has 1 heterocycles. The van der Waals surface area contributed by atoms with Crippen LogP contribution in [0, 0.1) is 0 Å². The minimum atomic E-state index is -0.490. The molecule has 0 spiro atoms. The molecule has 0 radical (unpaired) electrons. The highest BCUT2D eigenvalue weighted by molar-refractivity contribution is 5.65. The highest BCUT2D eigenvalue weighted by Crippen LogP contribution is 2.34. The van der Waals surface area contributed by atoms with E-state index >= 15 is 0 Å². The van der Waals surface area contributed by atoms with Gasteiger partial charge in [-0.15, -0.1) is 0 Å². The van der Waals surface area contributed by atoms with E-state index < -0.39 is 6.29 Å². The summed E-state index contributed by atoms with van der Waals surface area (Å²) in [5.41, 5.74) is 0.827. The van der Waals surface area contributed by atoms with Gasteiger partial charge in [-0.3, -0.25) is 4.79 Å². The number of methoxy groups -OCH3 is 2. The lowest BCUT2D eigenvalue weighted by molar-refractivity contribution is -0.145. The highest BCUT2D eigenvalue weighted by Gasteiger charge is 2.28. The van der Waals surface area contributed by atoms with Gasteiger partial charge in [0.2, 0.25) is 0 Å². The molecule has 1 aliphatic rings. The smallest absolute Gasteiger partial charge is 0.302 e. The van der Waals surface area contributed by atoms with Crippen LogP contribution in [0.2, 0.25) is 0 Å². The summed E-state index contributed by atoms with van der Waals surface area (Å²) >= 11 is 0. The minimum Gasteiger partial charge on any atom is -0.493 e. The van der Waals surface area contributed by atoms with Crippen molar-refractivity contribution in [1.29, 1.82) is 0 Å². The predicted molar refractivity (Wildman–Crippen MR) is 69.7 cm³/mol. The van der Waals surface area contributed by atoms with Gasteiger partial charge in [-0.25, -0.2) is 0 Å². The molecule has 0 N–H and O–H groups in total. The van der Waals surface area contributed by atoms with E-state index in [1.807, 2.05) is 6.07 Å². The number of rotatable bonds is 5. The number of ether oxygens (including phenoxy) is 5. The van der Waals surface area contributed by atoms with Crippen molar-refractivity contribution < 1.29 is 28.5 Å². The monoisotopic (exact) mass is 282 g/mol. The summed E-state index contributed by atoms with van der Waals surface area (Å²) in [6.07, 6.45) is -0.743. The molecule has 20 heavy (non-hydrogen) atoms. The van der Waals surface area contributed by atoms with Crippen LogP contribution in [0.3, 0.4) is 0 Å². The molecule has 1 fully saturated rings. The van der Waals surface area contributed by atoms with Gasteiger partial charge in [-0.2, -0.15) is 0 Å². The van der Waals surface area contributed by atoms with Crippen molar-refractivity contribution in [2.75, 3.05) is 27.4 Å². The van der Waals surface area contributed by atoms with Crippen LogP contribution >= 0.6 is 0 Å².